The van der Waals surface area contributed by atoms with Gasteiger partial charge in [-0.25, -0.2) is 0 Å². The Morgan fingerprint density at radius 3 is 1.67 bits per heavy atom. The molecule has 2 nitrogen and oxygen atoms in total. The summed E-state index contributed by atoms with van der Waals surface area (Å²) in [6, 6.07) is 43.5. The highest BCUT2D eigenvalue weighted by molar-refractivity contribution is 7.33. The first-order chi connectivity index (χ1) is 30.1. The van der Waals surface area contributed by atoms with Crippen LogP contribution in [0.25, 0.3) is 21.2 Å². The summed E-state index contributed by atoms with van der Waals surface area (Å²) in [6.45, 7) is 31.5. The fourth-order valence-electron chi connectivity index (χ4n) is 12.1. The SMILES string of the molecule is Cc1cc2c3c(c1)N(c1ccc(C(C)(C)C)cc1)c1c(sc4ccc(C)cc14)B3c1cc3c(cc1N2c1cc2c(cc1-c1ccccc1)C(C)(C)CCC2(C)C)C(C)(C)CCC3(C)C. The average Bonchev–Trinajstić information content (AvgIpc) is 3.61. The van der Waals surface area contributed by atoms with Crippen LogP contribution in [0.2, 0.25) is 0 Å². The molecule has 6 aromatic carbocycles. The van der Waals surface area contributed by atoms with Gasteiger partial charge in [-0.2, -0.15) is 0 Å². The Hall–Kier alpha value is -5.06. The molecule has 2 aliphatic heterocycles. The monoisotopic (exact) mass is 856 g/mol. The zero-order valence-corrected chi connectivity index (χ0v) is 41.4. The fraction of sp³-hybridized carbons (Fsp3) is 0.367. The van der Waals surface area contributed by atoms with Crippen LogP contribution in [0, 0.1) is 13.8 Å². The minimum absolute atomic E-state index is 0.0456. The van der Waals surface area contributed by atoms with E-state index < -0.39 is 0 Å². The summed E-state index contributed by atoms with van der Waals surface area (Å²) in [4.78, 5) is 5.40. The summed E-state index contributed by atoms with van der Waals surface area (Å²) >= 11 is 2.01. The van der Waals surface area contributed by atoms with Gasteiger partial charge in [0.25, 0.3) is 6.71 Å². The normalized spacial score (nSPS) is 18.5. The summed E-state index contributed by atoms with van der Waals surface area (Å²) in [7, 11) is 0. The van der Waals surface area contributed by atoms with E-state index in [1.807, 2.05) is 11.3 Å². The molecule has 11 rings (SSSR count). The van der Waals surface area contributed by atoms with Crippen molar-refractivity contribution in [1.29, 1.82) is 0 Å². The minimum Gasteiger partial charge on any atom is -0.311 e. The van der Waals surface area contributed by atoms with E-state index in [1.165, 1.54) is 136 Å². The van der Waals surface area contributed by atoms with Crippen molar-refractivity contribution in [2.45, 2.75) is 143 Å². The molecule has 0 fully saturated rings. The van der Waals surface area contributed by atoms with Crippen LogP contribution in [0.1, 0.15) is 141 Å². The molecule has 0 amide bonds. The van der Waals surface area contributed by atoms with Gasteiger partial charge in [0.1, 0.15) is 0 Å². The molecule has 0 saturated heterocycles. The van der Waals surface area contributed by atoms with Gasteiger partial charge in [0.15, 0.2) is 0 Å². The van der Waals surface area contributed by atoms with Crippen LogP contribution in [0.4, 0.5) is 34.1 Å². The van der Waals surface area contributed by atoms with Gasteiger partial charge in [-0.3, -0.25) is 0 Å². The van der Waals surface area contributed by atoms with Crippen molar-refractivity contribution in [3.8, 4) is 11.1 Å². The van der Waals surface area contributed by atoms with E-state index in [9.17, 15) is 0 Å². The Kier molecular flexibility index (Phi) is 8.94. The molecular formula is C60H65BN2S. The second-order valence-electron chi connectivity index (χ2n) is 23.7. The summed E-state index contributed by atoms with van der Waals surface area (Å²) < 4.78 is 2.80. The molecule has 0 radical (unpaired) electrons. The van der Waals surface area contributed by atoms with Gasteiger partial charge >= 0.3 is 0 Å². The minimum atomic E-state index is 0.0456. The number of fused-ring (bicyclic) bond motifs is 8. The summed E-state index contributed by atoms with van der Waals surface area (Å²) in [6.07, 6.45) is 4.71. The van der Waals surface area contributed by atoms with Gasteiger partial charge < -0.3 is 9.80 Å². The van der Waals surface area contributed by atoms with Gasteiger partial charge in [-0.1, -0.05) is 136 Å². The Morgan fingerprint density at radius 2 is 1.08 bits per heavy atom. The highest BCUT2D eigenvalue weighted by atomic mass is 32.1. The quantitative estimate of drug-likeness (QED) is 0.163. The van der Waals surface area contributed by atoms with Crippen LogP contribution in [0.15, 0.2) is 109 Å². The number of thiophene rings is 1. The first-order valence-electron chi connectivity index (χ1n) is 24.0. The summed E-state index contributed by atoms with van der Waals surface area (Å²) in [5.41, 5.74) is 23.5. The van der Waals surface area contributed by atoms with Gasteiger partial charge in [-0.15, -0.1) is 11.3 Å². The number of rotatable bonds is 3. The first kappa shape index (κ1) is 41.6. The lowest BCUT2D eigenvalue weighted by Gasteiger charge is -2.48. The number of aryl methyl sites for hydroxylation is 2. The third-order valence-electron chi connectivity index (χ3n) is 16.2. The maximum Gasteiger partial charge on any atom is 0.264 e. The van der Waals surface area contributed by atoms with Crippen molar-refractivity contribution in [2.75, 3.05) is 9.80 Å². The van der Waals surface area contributed by atoms with E-state index in [0.29, 0.717) is 0 Å². The first-order valence-corrected chi connectivity index (χ1v) is 24.8. The number of hydrogen-bond donors (Lipinski definition) is 0. The van der Waals surface area contributed by atoms with Crippen LogP contribution < -0.4 is 25.5 Å². The molecule has 2 aliphatic carbocycles. The smallest absolute Gasteiger partial charge is 0.264 e. The van der Waals surface area contributed by atoms with E-state index in [1.54, 1.807) is 0 Å². The molecule has 0 bridgehead atoms. The molecular weight excluding hydrogens is 792 g/mol. The second kappa shape index (κ2) is 13.7. The van der Waals surface area contributed by atoms with Crippen molar-refractivity contribution in [1.82, 2.24) is 0 Å². The summed E-state index contributed by atoms with van der Waals surface area (Å²) in [5.74, 6) is 0. The molecule has 0 atom stereocenters. The molecule has 1 aromatic heterocycles. The largest absolute Gasteiger partial charge is 0.311 e. The zero-order valence-electron chi connectivity index (χ0n) is 40.6. The van der Waals surface area contributed by atoms with Crippen molar-refractivity contribution in [3.63, 3.8) is 0 Å². The van der Waals surface area contributed by atoms with Crippen molar-refractivity contribution < 1.29 is 0 Å². The van der Waals surface area contributed by atoms with Gasteiger partial charge in [-0.05, 0) is 171 Å². The summed E-state index contributed by atoms with van der Waals surface area (Å²) in [5, 5.41) is 1.35. The van der Waals surface area contributed by atoms with Crippen LogP contribution >= 0.6 is 11.3 Å². The van der Waals surface area contributed by atoms with Gasteiger partial charge in [0, 0.05) is 43.2 Å². The lowest BCUT2D eigenvalue weighted by molar-refractivity contribution is 0.332. The fourth-order valence-corrected chi connectivity index (χ4v) is 13.4. The molecule has 0 unspecified atom stereocenters. The van der Waals surface area contributed by atoms with Crippen LogP contribution in [0.5, 0.6) is 0 Å². The topological polar surface area (TPSA) is 6.48 Å². The lowest BCUT2D eigenvalue weighted by atomic mass is 9.35. The van der Waals surface area contributed by atoms with Crippen LogP contribution in [-0.2, 0) is 27.1 Å². The highest BCUT2D eigenvalue weighted by Gasteiger charge is 2.49. The zero-order chi connectivity index (χ0) is 45.0. The molecule has 4 aliphatic rings. The van der Waals surface area contributed by atoms with E-state index in [0.717, 1.165) is 0 Å². The molecule has 3 heterocycles. The Bertz CT molecular complexity index is 3060. The lowest BCUT2D eigenvalue weighted by Crippen LogP contribution is -2.61. The van der Waals surface area contributed by atoms with Crippen molar-refractivity contribution >= 4 is 78.0 Å². The Morgan fingerprint density at radius 1 is 0.531 bits per heavy atom. The molecule has 64 heavy (non-hydrogen) atoms. The molecule has 7 aromatic rings. The number of hydrogen-bond acceptors (Lipinski definition) is 3. The van der Waals surface area contributed by atoms with Gasteiger partial charge in [0.2, 0.25) is 0 Å². The van der Waals surface area contributed by atoms with E-state index in [2.05, 4.69) is 209 Å². The molecule has 0 spiro atoms. The predicted octanol–water partition coefficient (Wildman–Crippen LogP) is 15.3. The van der Waals surface area contributed by atoms with E-state index in [4.69, 9.17) is 0 Å². The highest BCUT2D eigenvalue weighted by Crippen LogP contribution is 2.55. The molecule has 0 N–H and O–H groups in total. The van der Waals surface area contributed by atoms with Crippen molar-refractivity contribution in [3.05, 3.63) is 148 Å². The number of anilines is 6. The third-order valence-corrected chi connectivity index (χ3v) is 17.4. The number of benzene rings is 6. The second-order valence-corrected chi connectivity index (χ2v) is 24.8. The van der Waals surface area contributed by atoms with Crippen LogP contribution in [-0.4, -0.2) is 6.71 Å². The average molecular weight is 857 g/mol. The van der Waals surface area contributed by atoms with Gasteiger partial charge in [0.05, 0.1) is 11.4 Å². The standard InChI is InChI=1S/C60H65BN2S/c1-36-19-24-52-42(29-36)54-55(64-52)61-47-33-44-46(60(12,13)28-26-58(44,8)9)35-49(47)63(51-31-37(2)30-50(53(51)61)62(54)40-22-20-39(21-23-40)56(3,4)5)48-34-45-43(57(6,7)25-27-59(45,10)11)32-41(48)38-17-15-14-16-18-38/h14-24,29-35H,25-28H2,1-13H3. The maximum atomic E-state index is 2.75. The number of nitrogens with zero attached hydrogens (tertiary/aromatic N) is 2. The maximum absolute atomic E-state index is 2.75. The molecule has 324 valence electrons. The van der Waals surface area contributed by atoms with E-state index >= 15 is 0 Å². The Balaban J connectivity index is 1.30. The van der Waals surface area contributed by atoms with E-state index in [-0.39, 0.29) is 33.8 Å². The predicted molar refractivity (Wildman–Crippen MR) is 280 cm³/mol. The molecule has 0 saturated carbocycles. The molecule has 4 heteroatoms. The third kappa shape index (κ3) is 6.17. The Labute approximate surface area is 387 Å². The van der Waals surface area contributed by atoms with Crippen LogP contribution in [0.3, 0.4) is 0 Å². The van der Waals surface area contributed by atoms with Crippen molar-refractivity contribution in [2.24, 2.45) is 0 Å².